The lowest BCUT2D eigenvalue weighted by Crippen LogP contribution is -2.52. The minimum atomic E-state index is -1.07. The van der Waals surface area contributed by atoms with Gasteiger partial charge in [0.15, 0.2) is 5.17 Å². The Morgan fingerprint density at radius 3 is 2.84 bits per heavy atom. The van der Waals surface area contributed by atoms with Gasteiger partial charge in [-0.25, -0.2) is 13.8 Å². The Morgan fingerprint density at radius 2 is 2.10 bits per heavy atom. The van der Waals surface area contributed by atoms with E-state index in [0.717, 1.165) is 6.07 Å². The number of nitrogens with one attached hydrogen (secondary N) is 1. The number of hydrogen-bond donors (Lipinski definition) is 1. The third kappa shape index (κ3) is 4.55. The van der Waals surface area contributed by atoms with Crippen LogP contribution < -0.4 is 5.32 Å². The highest BCUT2D eigenvalue weighted by Gasteiger charge is 2.50. The summed E-state index contributed by atoms with van der Waals surface area (Å²) in [5.41, 5.74) is -0.333. The molecule has 0 aliphatic carbocycles. The number of thioether (sulfide) groups is 1. The van der Waals surface area contributed by atoms with E-state index in [1.54, 1.807) is 31.4 Å². The van der Waals surface area contributed by atoms with E-state index in [1.807, 2.05) is 6.07 Å². The Kier molecular flexibility index (Phi) is 6.76. The standard InChI is InChI=1S/C22H21BrF2N2O3S/c1-29-10-15-7-14-11-31-21(26-20(28)13-5-3-2-4-6-13)27-22(14,12-30-15)16-8-17(23)19(25)9-18(16)24/h2-6,8-9,14-15H,7,10-12H2,1H3,(H,26,27,28)/t14-,15+,22-/m0/s1. The molecule has 1 fully saturated rings. The molecule has 0 bridgehead atoms. The third-order valence-electron chi connectivity index (χ3n) is 5.57. The van der Waals surface area contributed by atoms with Crippen molar-refractivity contribution in [3.05, 3.63) is 69.7 Å². The van der Waals surface area contributed by atoms with Crippen molar-refractivity contribution in [3.8, 4) is 0 Å². The maximum atomic E-state index is 15.0. The van der Waals surface area contributed by atoms with Crippen LogP contribution in [-0.4, -0.2) is 43.3 Å². The summed E-state index contributed by atoms with van der Waals surface area (Å²) in [7, 11) is 1.60. The summed E-state index contributed by atoms with van der Waals surface area (Å²) < 4.78 is 40.2. The molecule has 0 aromatic heterocycles. The molecule has 1 N–H and O–H groups in total. The maximum Gasteiger partial charge on any atom is 0.257 e. The summed E-state index contributed by atoms with van der Waals surface area (Å²) in [5, 5.41) is 3.22. The smallest absolute Gasteiger partial charge is 0.257 e. The molecular weight excluding hydrogens is 490 g/mol. The number of amides is 1. The van der Waals surface area contributed by atoms with Crippen molar-refractivity contribution in [3.63, 3.8) is 0 Å². The fourth-order valence-electron chi connectivity index (χ4n) is 4.00. The molecule has 2 aromatic carbocycles. The average molecular weight is 511 g/mol. The predicted octanol–water partition coefficient (Wildman–Crippen LogP) is 4.51. The molecule has 0 radical (unpaired) electrons. The van der Waals surface area contributed by atoms with Crippen LogP contribution in [0, 0.1) is 17.6 Å². The van der Waals surface area contributed by atoms with Gasteiger partial charge in [0.1, 0.15) is 17.2 Å². The number of benzene rings is 2. The predicted molar refractivity (Wildman–Crippen MR) is 119 cm³/mol. The van der Waals surface area contributed by atoms with E-state index < -0.39 is 17.2 Å². The van der Waals surface area contributed by atoms with E-state index >= 15 is 0 Å². The number of carbonyl (C=O) groups is 1. The number of methoxy groups -OCH3 is 1. The van der Waals surface area contributed by atoms with Gasteiger partial charge < -0.3 is 14.8 Å². The molecule has 0 spiro atoms. The van der Waals surface area contributed by atoms with Gasteiger partial charge in [-0.1, -0.05) is 30.0 Å². The second-order valence-corrected chi connectivity index (χ2v) is 9.40. The number of aliphatic imine (C=N–C) groups is 1. The van der Waals surface area contributed by atoms with Crippen molar-refractivity contribution in [2.24, 2.45) is 10.9 Å². The van der Waals surface area contributed by atoms with Crippen LogP contribution in [0.2, 0.25) is 0 Å². The van der Waals surface area contributed by atoms with Gasteiger partial charge in [-0.2, -0.15) is 0 Å². The number of amidine groups is 1. The van der Waals surface area contributed by atoms with Crippen molar-refractivity contribution >= 4 is 38.8 Å². The van der Waals surface area contributed by atoms with Gasteiger partial charge in [0, 0.05) is 36.0 Å². The monoisotopic (exact) mass is 510 g/mol. The molecule has 9 heteroatoms. The number of ether oxygens (including phenoxy) is 2. The van der Waals surface area contributed by atoms with E-state index in [2.05, 4.69) is 21.2 Å². The molecule has 2 aliphatic rings. The highest BCUT2D eigenvalue weighted by atomic mass is 79.9. The zero-order valence-corrected chi connectivity index (χ0v) is 19.1. The topological polar surface area (TPSA) is 59.9 Å². The van der Waals surface area contributed by atoms with Gasteiger partial charge in [-0.15, -0.1) is 0 Å². The van der Waals surface area contributed by atoms with Gasteiger partial charge in [0.05, 0.1) is 23.8 Å². The van der Waals surface area contributed by atoms with Gasteiger partial charge in [-0.3, -0.25) is 4.79 Å². The van der Waals surface area contributed by atoms with E-state index in [0.29, 0.717) is 29.5 Å². The summed E-state index contributed by atoms with van der Waals surface area (Å²) in [6.45, 7) is 0.528. The lowest BCUT2D eigenvalue weighted by atomic mass is 9.75. The molecule has 0 saturated carbocycles. The summed E-state index contributed by atoms with van der Waals surface area (Å²) >= 11 is 4.57. The molecule has 31 heavy (non-hydrogen) atoms. The summed E-state index contributed by atoms with van der Waals surface area (Å²) in [6, 6.07) is 11.1. The normalized spacial score (nSPS) is 25.5. The Balaban J connectivity index is 1.71. The van der Waals surface area contributed by atoms with Crippen LogP contribution >= 0.6 is 27.7 Å². The summed E-state index contributed by atoms with van der Waals surface area (Å²) in [5.74, 6) is -1.14. The number of fused-ring (bicyclic) bond motifs is 1. The summed E-state index contributed by atoms with van der Waals surface area (Å²) in [6.07, 6.45) is 0.477. The largest absolute Gasteiger partial charge is 0.382 e. The first-order valence-corrected chi connectivity index (χ1v) is 11.6. The molecule has 1 saturated heterocycles. The van der Waals surface area contributed by atoms with Crippen LogP contribution in [-0.2, 0) is 15.0 Å². The van der Waals surface area contributed by atoms with Crippen molar-refractivity contribution in [1.82, 2.24) is 5.32 Å². The van der Waals surface area contributed by atoms with Crippen molar-refractivity contribution < 1.29 is 23.0 Å². The maximum absolute atomic E-state index is 15.0. The highest BCUT2D eigenvalue weighted by Crippen LogP contribution is 2.47. The van der Waals surface area contributed by atoms with Crippen LogP contribution in [0.3, 0.4) is 0 Å². The Bertz CT molecular complexity index is 1010. The van der Waals surface area contributed by atoms with E-state index in [4.69, 9.17) is 14.5 Å². The van der Waals surface area contributed by atoms with Gasteiger partial charge >= 0.3 is 0 Å². The fraction of sp³-hybridized carbons (Fsp3) is 0.364. The molecule has 1 amide bonds. The van der Waals surface area contributed by atoms with Crippen molar-refractivity contribution in [2.45, 2.75) is 18.1 Å². The summed E-state index contributed by atoms with van der Waals surface area (Å²) in [4.78, 5) is 17.4. The average Bonchev–Trinajstić information content (AvgIpc) is 2.77. The van der Waals surface area contributed by atoms with E-state index in [-0.39, 0.29) is 34.6 Å². The third-order valence-corrected chi connectivity index (χ3v) is 7.21. The molecule has 2 heterocycles. The second-order valence-electron chi connectivity index (χ2n) is 7.54. The van der Waals surface area contributed by atoms with Gasteiger partial charge in [0.25, 0.3) is 5.91 Å². The van der Waals surface area contributed by atoms with Crippen molar-refractivity contribution in [2.75, 3.05) is 26.1 Å². The fourth-order valence-corrected chi connectivity index (χ4v) is 5.51. The Hall–Kier alpha value is -1.81. The molecule has 4 rings (SSSR count). The zero-order valence-electron chi connectivity index (χ0n) is 16.7. The van der Waals surface area contributed by atoms with E-state index in [1.165, 1.54) is 17.8 Å². The molecule has 3 atom stereocenters. The Labute approximate surface area is 191 Å². The van der Waals surface area contributed by atoms with Gasteiger partial charge in [-0.05, 0) is 40.5 Å². The van der Waals surface area contributed by atoms with Crippen LogP contribution in [0.5, 0.6) is 0 Å². The number of rotatable bonds is 4. The quantitative estimate of drug-likeness (QED) is 0.614. The molecule has 0 unspecified atom stereocenters. The first-order valence-electron chi connectivity index (χ1n) is 9.77. The molecule has 164 valence electrons. The lowest BCUT2D eigenvalue weighted by molar-refractivity contribution is -0.0837. The van der Waals surface area contributed by atoms with Crippen LogP contribution in [0.25, 0.3) is 0 Å². The highest BCUT2D eigenvalue weighted by molar-refractivity contribution is 9.10. The minimum Gasteiger partial charge on any atom is -0.382 e. The molecule has 2 aromatic rings. The molecular formula is C22H21BrF2N2O3S. The first kappa shape index (κ1) is 22.4. The number of halogens is 3. The number of nitrogens with zero attached hydrogens (tertiary/aromatic N) is 1. The molecule has 2 aliphatic heterocycles. The lowest BCUT2D eigenvalue weighted by Gasteiger charge is -2.46. The SMILES string of the molecule is COC[C@H]1C[C@H]2CSC(NC(=O)c3ccccc3)=N[C@@]2(c2cc(Br)c(F)cc2F)CO1. The van der Waals surface area contributed by atoms with Crippen molar-refractivity contribution in [1.29, 1.82) is 0 Å². The number of hydrogen-bond acceptors (Lipinski definition) is 5. The zero-order chi connectivity index (χ0) is 22.0. The van der Waals surface area contributed by atoms with Crippen LogP contribution in [0.15, 0.2) is 51.9 Å². The Morgan fingerprint density at radius 1 is 1.32 bits per heavy atom. The van der Waals surface area contributed by atoms with Crippen LogP contribution in [0.1, 0.15) is 22.3 Å². The molecule has 5 nitrogen and oxygen atoms in total. The van der Waals surface area contributed by atoms with Crippen LogP contribution in [0.4, 0.5) is 8.78 Å². The van der Waals surface area contributed by atoms with E-state index in [9.17, 15) is 13.6 Å². The minimum absolute atomic E-state index is 0.0735. The number of carbonyl (C=O) groups excluding carboxylic acids is 1. The van der Waals surface area contributed by atoms with Gasteiger partial charge in [0.2, 0.25) is 0 Å². The first-order chi connectivity index (χ1) is 14.9. The second kappa shape index (κ2) is 9.36.